The molecule has 3 N–H and O–H groups in total. The summed E-state index contributed by atoms with van der Waals surface area (Å²) >= 11 is 0. The molecule has 1 amide bonds. The van der Waals surface area contributed by atoms with Crippen molar-refractivity contribution in [3.05, 3.63) is 48.6 Å². The molecule has 382 valence electrons. The second kappa shape index (κ2) is 47.5. The molecule has 0 radical (unpaired) electrons. The first-order valence-electron chi connectivity index (χ1n) is 27.5. The van der Waals surface area contributed by atoms with Crippen LogP contribution in [0.15, 0.2) is 48.6 Å². The van der Waals surface area contributed by atoms with Crippen molar-refractivity contribution in [2.45, 2.75) is 264 Å². The lowest BCUT2D eigenvalue weighted by Crippen LogP contribution is -2.45. The lowest BCUT2D eigenvalue weighted by molar-refractivity contribution is -0.870. The summed E-state index contributed by atoms with van der Waals surface area (Å²) in [6.45, 7) is 4.79. The molecular formula is C56H108N2O6P+. The number of nitrogens with one attached hydrogen (secondary N) is 1. The van der Waals surface area contributed by atoms with E-state index in [2.05, 4.69) is 55.6 Å². The van der Waals surface area contributed by atoms with E-state index in [0.717, 1.165) is 51.4 Å². The third-order valence-corrected chi connectivity index (χ3v) is 13.3. The average molecular weight is 936 g/mol. The van der Waals surface area contributed by atoms with Gasteiger partial charge >= 0.3 is 7.82 Å². The first-order valence-corrected chi connectivity index (χ1v) is 29.0. The summed E-state index contributed by atoms with van der Waals surface area (Å²) in [5.74, 6) is -0.194. The highest BCUT2D eigenvalue weighted by Crippen LogP contribution is 2.43. The van der Waals surface area contributed by atoms with Crippen molar-refractivity contribution in [1.82, 2.24) is 5.32 Å². The highest BCUT2D eigenvalue weighted by atomic mass is 31.2. The Morgan fingerprint density at radius 1 is 0.523 bits per heavy atom. The number of quaternary nitrogens is 1. The smallest absolute Gasteiger partial charge is 0.387 e. The molecule has 3 atom stereocenters. The topological polar surface area (TPSA) is 105 Å². The van der Waals surface area contributed by atoms with Crippen LogP contribution in [0.5, 0.6) is 0 Å². The Balaban J connectivity index is 4.30. The van der Waals surface area contributed by atoms with Gasteiger partial charge in [0.2, 0.25) is 5.91 Å². The molecule has 0 aliphatic carbocycles. The number of phosphoric ester groups is 1. The van der Waals surface area contributed by atoms with E-state index in [1.54, 1.807) is 6.08 Å². The molecule has 0 rings (SSSR count). The standard InChI is InChI=1S/C56H107N2O6P/c1-6-8-10-12-14-16-18-20-22-24-26-27-28-29-30-31-32-33-35-37-39-41-43-45-47-49-55(59)54(53-64-65(61,62)63-52-51-58(3,4)5)57-56(60)50-48-46-44-42-40-38-36-34-25-23-21-19-17-15-13-11-9-7-2/h17,19,23,25,39,41,47,49,54-55,59H,6-16,18,20-22,24,26-38,40,42-46,48,50-53H2,1-5H3,(H-,57,60,61,62)/p+1/b19-17-,25-23-,41-39+,49-47+. The Morgan fingerprint density at radius 3 is 1.34 bits per heavy atom. The van der Waals surface area contributed by atoms with E-state index in [4.69, 9.17) is 9.05 Å². The molecule has 0 aliphatic rings. The Kier molecular flexibility index (Phi) is 46.4. The summed E-state index contributed by atoms with van der Waals surface area (Å²) in [5.41, 5.74) is 0. The van der Waals surface area contributed by atoms with E-state index in [1.807, 2.05) is 27.2 Å². The van der Waals surface area contributed by atoms with Crippen molar-refractivity contribution in [2.75, 3.05) is 40.9 Å². The van der Waals surface area contributed by atoms with Crippen molar-refractivity contribution >= 4 is 13.7 Å². The van der Waals surface area contributed by atoms with E-state index in [-0.39, 0.29) is 19.1 Å². The monoisotopic (exact) mass is 936 g/mol. The van der Waals surface area contributed by atoms with Gasteiger partial charge < -0.3 is 19.8 Å². The molecule has 0 aromatic carbocycles. The van der Waals surface area contributed by atoms with Gasteiger partial charge in [0.05, 0.1) is 39.9 Å². The molecule has 0 heterocycles. The molecule has 9 heteroatoms. The number of allylic oxidation sites excluding steroid dienone is 7. The molecule has 0 spiro atoms. The van der Waals surface area contributed by atoms with Crippen LogP contribution in [0.1, 0.15) is 251 Å². The van der Waals surface area contributed by atoms with Crippen LogP contribution in [0.4, 0.5) is 0 Å². The second-order valence-corrected chi connectivity index (χ2v) is 21.4. The van der Waals surface area contributed by atoms with Gasteiger partial charge in [-0.2, -0.15) is 0 Å². The molecule has 65 heavy (non-hydrogen) atoms. The number of hydrogen-bond acceptors (Lipinski definition) is 5. The Morgan fingerprint density at radius 2 is 0.892 bits per heavy atom. The number of hydrogen-bond donors (Lipinski definition) is 3. The minimum atomic E-state index is -4.36. The summed E-state index contributed by atoms with van der Waals surface area (Å²) in [6.07, 6.45) is 62.1. The molecule has 0 fully saturated rings. The number of aliphatic hydroxyl groups is 1. The van der Waals surface area contributed by atoms with Crippen LogP contribution >= 0.6 is 7.82 Å². The lowest BCUT2D eigenvalue weighted by atomic mass is 10.0. The zero-order valence-corrected chi connectivity index (χ0v) is 44.4. The van der Waals surface area contributed by atoms with Crippen LogP contribution in [0.2, 0.25) is 0 Å². The van der Waals surface area contributed by atoms with E-state index < -0.39 is 20.0 Å². The number of carbonyl (C=O) groups excluding carboxylic acids is 1. The Labute approximate surface area is 403 Å². The largest absolute Gasteiger partial charge is 0.472 e. The molecule has 0 saturated heterocycles. The van der Waals surface area contributed by atoms with Crippen LogP contribution in [0.25, 0.3) is 0 Å². The zero-order valence-electron chi connectivity index (χ0n) is 43.5. The van der Waals surface area contributed by atoms with Gasteiger partial charge in [-0.25, -0.2) is 4.57 Å². The summed E-state index contributed by atoms with van der Waals surface area (Å²) in [5, 5.41) is 13.9. The van der Waals surface area contributed by atoms with Crippen molar-refractivity contribution in [2.24, 2.45) is 0 Å². The van der Waals surface area contributed by atoms with Crippen LogP contribution < -0.4 is 5.32 Å². The van der Waals surface area contributed by atoms with Gasteiger partial charge in [0.25, 0.3) is 0 Å². The fourth-order valence-corrected chi connectivity index (χ4v) is 8.65. The molecule has 0 bridgehead atoms. The van der Waals surface area contributed by atoms with Crippen LogP contribution in [0.3, 0.4) is 0 Å². The molecular weight excluding hydrogens is 828 g/mol. The first kappa shape index (κ1) is 63.5. The normalized spacial score (nSPS) is 14.4. The van der Waals surface area contributed by atoms with E-state index in [0.29, 0.717) is 17.4 Å². The number of likely N-dealkylation sites (N-methyl/N-ethyl adjacent to an activating group) is 1. The maximum absolute atomic E-state index is 12.9. The Hall–Kier alpha value is -1.54. The minimum absolute atomic E-state index is 0.0536. The van der Waals surface area contributed by atoms with Gasteiger partial charge in [0.1, 0.15) is 13.2 Å². The summed E-state index contributed by atoms with van der Waals surface area (Å²) < 4.78 is 23.7. The summed E-state index contributed by atoms with van der Waals surface area (Å²) in [7, 11) is 1.55. The van der Waals surface area contributed by atoms with Crippen molar-refractivity contribution in [1.29, 1.82) is 0 Å². The van der Waals surface area contributed by atoms with Crippen molar-refractivity contribution < 1.29 is 32.9 Å². The lowest BCUT2D eigenvalue weighted by Gasteiger charge is -2.25. The number of carbonyl (C=O) groups is 1. The first-order chi connectivity index (χ1) is 31.5. The van der Waals surface area contributed by atoms with Crippen molar-refractivity contribution in [3.63, 3.8) is 0 Å². The number of amides is 1. The molecule has 0 aromatic rings. The van der Waals surface area contributed by atoms with Crippen LogP contribution in [-0.2, 0) is 18.4 Å². The molecule has 0 saturated carbocycles. The second-order valence-electron chi connectivity index (χ2n) is 19.9. The molecule has 0 aromatic heterocycles. The SMILES string of the molecule is CCCCCC/C=C\C/C=C\CCCCCCCCCC(=O)NC(COP(=O)(O)OCC[N+](C)(C)C)C(O)/C=C/CC/C=C/CCCCCCCCCCCCCCCCCCCCC. The number of nitrogens with zero attached hydrogens (tertiary/aromatic N) is 1. The van der Waals surface area contributed by atoms with E-state index in [1.165, 1.54) is 180 Å². The minimum Gasteiger partial charge on any atom is -0.387 e. The predicted molar refractivity (Wildman–Crippen MR) is 281 cm³/mol. The summed E-state index contributed by atoms with van der Waals surface area (Å²) in [4.78, 5) is 23.2. The fraction of sp³-hybridized carbons (Fsp3) is 0.839. The molecule has 0 aliphatic heterocycles. The number of aliphatic hydroxyl groups excluding tert-OH is 1. The quantitative estimate of drug-likeness (QED) is 0.0243. The predicted octanol–water partition coefficient (Wildman–Crippen LogP) is 16.4. The van der Waals surface area contributed by atoms with Gasteiger partial charge in [0.15, 0.2) is 0 Å². The highest BCUT2D eigenvalue weighted by Gasteiger charge is 2.27. The Bertz CT molecular complexity index is 1200. The van der Waals surface area contributed by atoms with Gasteiger partial charge in [-0.05, 0) is 64.2 Å². The van der Waals surface area contributed by atoms with Gasteiger partial charge in [-0.3, -0.25) is 13.8 Å². The maximum Gasteiger partial charge on any atom is 0.472 e. The zero-order chi connectivity index (χ0) is 47.8. The third kappa shape index (κ3) is 50.2. The van der Waals surface area contributed by atoms with Gasteiger partial charge in [-0.1, -0.05) is 229 Å². The van der Waals surface area contributed by atoms with E-state index >= 15 is 0 Å². The van der Waals surface area contributed by atoms with Gasteiger partial charge in [-0.15, -0.1) is 0 Å². The summed E-state index contributed by atoms with van der Waals surface area (Å²) in [6, 6.07) is -0.869. The average Bonchev–Trinajstić information content (AvgIpc) is 3.26. The van der Waals surface area contributed by atoms with Gasteiger partial charge in [0, 0.05) is 6.42 Å². The van der Waals surface area contributed by atoms with Crippen LogP contribution in [-0.4, -0.2) is 73.4 Å². The number of phosphoric acid groups is 1. The fourth-order valence-electron chi connectivity index (χ4n) is 7.91. The number of rotatable bonds is 50. The van der Waals surface area contributed by atoms with E-state index in [9.17, 15) is 19.4 Å². The maximum atomic E-state index is 12.9. The van der Waals surface area contributed by atoms with Crippen molar-refractivity contribution in [3.8, 4) is 0 Å². The third-order valence-electron chi connectivity index (χ3n) is 12.3. The highest BCUT2D eigenvalue weighted by molar-refractivity contribution is 7.47. The number of unbranched alkanes of at least 4 members (excludes halogenated alkanes) is 31. The van der Waals surface area contributed by atoms with Crippen LogP contribution in [0, 0.1) is 0 Å². The molecule has 3 unspecified atom stereocenters. The molecule has 8 nitrogen and oxygen atoms in total.